The molecule has 3 aromatic rings. The van der Waals surface area contributed by atoms with Gasteiger partial charge >= 0.3 is 6.18 Å². The molecule has 0 spiro atoms. The average molecular weight is 575 g/mol. The van der Waals surface area contributed by atoms with Crippen molar-refractivity contribution in [2.45, 2.75) is 38.1 Å². The number of benzene rings is 3. The molecule has 12 heteroatoms. The van der Waals surface area contributed by atoms with E-state index >= 15 is 0 Å². The standard InChI is InChI=1S/C29H27F5N4O3/c1-28(2,36-25(39)17-8-10-19(30)11-9-17)27(41)35-22-16-38(15-18-6-4-5-7-21(18)29(32,33)34)23-13-12-20(31)14-24(23)37(3)26(22)40/h4-14,22H,15-16H2,1-3H3,(H,35,41)(H,36,39)/t22-/m1/s1. The van der Waals surface area contributed by atoms with Crippen LogP contribution in [0.25, 0.3) is 0 Å². The van der Waals surface area contributed by atoms with Gasteiger partial charge in [-0.1, -0.05) is 18.2 Å². The van der Waals surface area contributed by atoms with Crippen molar-refractivity contribution in [1.29, 1.82) is 0 Å². The molecule has 216 valence electrons. The first-order chi connectivity index (χ1) is 19.2. The highest BCUT2D eigenvalue weighted by Crippen LogP contribution is 2.37. The van der Waals surface area contributed by atoms with E-state index in [9.17, 15) is 36.3 Å². The van der Waals surface area contributed by atoms with Gasteiger partial charge in [0.05, 0.1) is 16.9 Å². The molecule has 3 aromatic carbocycles. The molecule has 7 nitrogen and oxygen atoms in total. The van der Waals surface area contributed by atoms with Gasteiger partial charge in [-0.3, -0.25) is 14.4 Å². The normalized spacial score (nSPS) is 15.7. The van der Waals surface area contributed by atoms with Crippen LogP contribution in [0.2, 0.25) is 0 Å². The van der Waals surface area contributed by atoms with Crippen LogP contribution in [0, 0.1) is 11.6 Å². The lowest BCUT2D eigenvalue weighted by molar-refractivity contribution is -0.138. The van der Waals surface area contributed by atoms with Gasteiger partial charge in [-0.25, -0.2) is 8.78 Å². The lowest BCUT2D eigenvalue weighted by Crippen LogP contribution is -2.60. The van der Waals surface area contributed by atoms with E-state index in [-0.39, 0.29) is 29.9 Å². The summed E-state index contributed by atoms with van der Waals surface area (Å²) in [5, 5.41) is 5.13. The molecule has 3 amide bonds. The van der Waals surface area contributed by atoms with Gasteiger partial charge in [-0.2, -0.15) is 13.2 Å². The molecular formula is C29H27F5N4O3. The third-order valence-corrected chi connectivity index (χ3v) is 6.76. The summed E-state index contributed by atoms with van der Waals surface area (Å²) < 4.78 is 68.7. The Morgan fingerprint density at radius 2 is 1.56 bits per heavy atom. The summed E-state index contributed by atoms with van der Waals surface area (Å²) >= 11 is 0. The third kappa shape index (κ3) is 6.47. The van der Waals surface area contributed by atoms with Crippen molar-refractivity contribution in [2.24, 2.45) is 0 Å². The molecule has 2 N–H and O–H groups in total. The fourth-order valence-electron chi connectivity index (χ4n) is 4.53. The Morgan fingerprint density at radius 1 is 0.927 bits per heavy atom. The number of nitrogens with zero attached hydrogens (tertiary/aromatic N) is 2. The van der Waals surface area contributed by atoms with Crippen LogP contribution < -0.4 is 20.4 Å². The van der Waals surface area contributed by atoms with Crippen molar-refractivity contribution in [3.05, 3.63) is 95.1 Å². The van der Waals surface area contributed by atoms with Gasteiger partial charge in [-0.05, 0) is 67.9 Å². The predicted molar refractivity (Wildman–Crippen MR) is 142 cm³/mol. The van der Waals surface area contributed by atoms with Gasteiger partial charge in [-0.15, -0.1) is 0 Å². The summed E-state index contributed by atoms with van der Waals surface area (Å²) in [5.41, 5.74) is -1.99. The SMILES string of the molecule is CN1C(=O)[C@H](NC(=O)C(C)(C)NC(=O)c2ccc(F)cc2)CN(Cc2ccccc2C(F)(F)F)c2ccc(F)cc21. The van der Waals surface area contributed by atoms with Crippen molar-refractivity contribution in [2.75, 3.05) is 23.4 Å². The van der Waals surface area contributed by atoms with Crippen LogP contribution in [0.5, 0.6) is 0 Å². The number of likely N-dealkylation sites (N-methyl/N-ethyl adjacent to an activating group) is 1. The van der Waals surface area contributed by atoms with E-state index in [1.807, 2.05) is 0 Å². The molecule has 0 unspecified atom stereocenters. The summed E-state index contributed by atoms with van der Waals surface area (Å²) in [5.74, 6) is -3.27. The molecule has 1 atom stereocenters. The van der Waals surface area contributed by atoms with E-state index in [0.717, 1.165) is 35.2 Å². The number of rotatable bonds is 6. The van der Waals surface area contributed by atoms with Crippen LogP contribution in [-0.2, 0) is 22.3 Å². The van der Waals surface area contributed by atoms with Crippen LogP contribution in [0.4, 0.5) is 33.3 Å². The first-order valence-electron chi connectivity index (χ1n) is 12.5. The van der Waals surface area contributed by atoms with Gasteiger partial charge in [0.15, 0.2) is 0 Å². The first-order valence-corrected chi connectivity index (χ1v) is 12.5. The molecule has 0 aliphatic carbocycles. The molecule has 4 rings (SSSR count). The molecule has 0 bridgehead atoms. The zero-order chi connectivity index (χ0) is 30.1. The Kier molecular flexibility index (Phi) is 8.05. The monoisotopic (exact) mass is 574 g/mol. The highest BCUT2D eigenvalue weighted by molar-refractivity contribution is 6.04. The molecule has 0 saturated heterocycles. The smallest absolute Gasteiger partial charge is 0.363 e. The molecule has 1 aliphatic heterocycles. The Bertz CT molecular complexity index is 1470. The second kappa shape index (κ2) is 11.2. The third-order valence-electron chi connectivity index (χ3n) is 6.76. The van der Waals surface area contributed by atoms with E-state index < -0.39 is 52.7 Å². The number of carbonyl (C=O) groups excluding carboxylic acids is 3. The number of hydrogen-bond acceptors (Lipinski definition) is 4. The fraction of sp³-hybridized carbons (Fsp3) is 0.276. The van der Waals surface area contributed by atoms with Crippen LogP contribution >= 0.6 is 0 Å². The van der Waals surface area contributed by atoms with E-state index in [2.05, 4.69) is 10.6 Å². The van der Waals surface area contributed by atoms with Crippen molar-refractivity contribution >= 4 is 29.1 Å². The minimum atomic E-state index is -4.64. The Balaban J connectivity index is 1.63. The van der Waals surface area contributed by atoms with Crippen LogP contribution in [-0.4, -0.2) is 42.9 Å². The van der Waals surface area contributed by atoms with Crippen LogP contribution in [0.15, 0.2) is 66.7 Å². The second-order valence-corrected chi connectivity index (χ2v) is 10.2. The number of hydrogen-bond donors (Lipinski definition) is 2. The minimum Gasteiger partial charge on any atom is -0.363 e. The fourth-order valence-corrected chi connectivity index (χ4v) is 4.53. The van der Waals surface area contributed by atoms with E-state index in [0.29, 0.717) is 5.69 Å². The van der Waals surface area contributed by atoms with Gasteiger partial charge in [0.1, 0.15) is 23.2 Å². The quantitative estimate of drug-likeness (QED) is 0.420. The number of halogens is 5. The Hall–Kier alpha value is -4.48. The minimum absolute atomic E-state index is 0.0794. The number of anilines is 2. The summed E-state index contributed by atoms with van der Waals surface area (Å²) in [4.78, 5) is 42.0. The van der Waals surface area contributed by atoms with Gasteiger partial charge in [0.2, 0.25) is 5.91 Å². The number of carbonyl (C=O) groups is 3. The Labute approximate surface area is 232 Å². The van der Waals surface area contributed by atoms with Crippen molar-refractivity contribution in [3.63, 3.8) is 0 Å². The summed E-state index contributed by atoms with van der Waals surface area (Å²) in [6.45, 7) is 2.25. The average Bonchev–Trinajstić information content (AvgIpc) is 2.99. The lowest BCUT2D eigenvalue weighted by atomic mass is 10.0. The summed E-state index contributed by atoms with van der Waals surface area (Å²) in [6, 6.07) is 12.0. The topological polar surface area (TPSA) is 81.8 Å². The van der Waals surface area contributed by atoms with E-state index in [4.69, 9.17) is 0 Å². The molecule has 0 fully saturated rings. The van der Waals surface area contributed by atoms with Gasteiger partial charge in [0.25, 0.3) is 11.8 Å². The molecular weight excluding hydrogens is 547 g/mol. The number of amides is 3. The predicted octanol–water partition coefficient (Wildman–Crippen LogP) is 4.66. The van der Waals surface area contributed by atoms with E-state index in [1.54, 1.807) is 0 Å². The maximum atomic E-state index is 14.2. The van der Waals surface area contributed by atoms with Crippen LogP contribution in [0.1, 0.15) is 35.3 Å². The maximum Gasteiger partial charge on any atom is 0.416 e. The molecule has 1 heterocycles. The van der Waals surface area contributed by atoms with E-state index in [1.165, 1.54) is 62.2 Å². The van der Waals surface area contributed by atoms with Gasteiger partial charge in [0, 0.05) is 25.7 Å². The highest BCUT2D eigenvalue weighted by Gasteiger charge is 2.39. The first kappa shape index (κ1) is 29.5. The van der Waals surface area contributed by atoms with Crippen molar-refractivity contribution in [3.8, 4) is 0 Å². The zero-order valence-corrected chi connectivity index (χ0v) is 22.4. The molecule has 41 heavy (non-hydrogen) atoms. The Morgan fingerprint density at radius 3 is 2.22 bits per heavy atom. The lowest BCUT2D eigenvalue weighted by Gasteiger charge is -2.31. The van der Waals surface area contributed by atoms with Crippen LogP contribution in [0.3, 0.4) is 0 Å². The van der Waals surface area contributed by atoms with Gasteiger partial charge < -0.3 is 20.4 Å². The maximum absolute atomic E-state index is 14.2. The van der Waals surface area contributed by atoms with Crippen molar-refractivity contribution < 1.29 is 36.3 Å². The second-order valence-electron chi connectivity index (χ2n) is 10.2. The van der Waals surface area contributed by atoms with Crippen molar-refractivity contribution in [1.82, 2.24) is 10.6 Å². The largest absolute Gasteiger partial charge is 0.416 e. The number of alkyl halides is 3. The number of nitrogens with one attached hydrogen (secondary N) is 2. The summed E-state index contributed by atoms with van der Waals surface area (Å²) in [6.07, 6.45) is -4.64. The molecule has 1 aliphatic rings. The highest BCUT2D eigenvalue weighted by atomic mass is 19.4. The molecule has 0 aromatic heterocycles. The molecule has 0 saturated carbocycles. The molecule has 0 radical (unpaired) electrons. The number of fused-ring (bicyclic) bond motifs is 1. The zero-order valence-electron chi connectivity index (χ0n) is 22.4. The summed E-state index contributed by atoms with van der Waals surface area (Å²) in [7, 11) is 1.37.